The molecule has 1 aliphatic rings. The lowest BCUT2D eigenvalue weighted by Gasteiger charge is -2.28. The van der Waals surface area contributed by atoms with Crippen LogP contribution in [-0.4, -0.2) is 18.2 Å². The molecule has 88 valence electrons. The van der Waals surface area contributed by atoms with Gasteiger partial charge in [0.05, 0.1) is 0 Å². The van der Waals surface area contributed by atoms with Gasteiger partial charge >= 0.3 is 0 Å². The molecule has 0 radical (unpaired) electrons. The van der Waals surface area contributed by atoms with Crippen molar-refractivity contribution >= 4 is 11.6 Å². The van der Waals surface area contributed by atoms with Crippen LogP contribution >= 0.6 is 11.6 Å². The summed E-state index contributed by atoms with van der Waals surface area (Å²) in [7, 11) is 0. The molecule has 1 fully saturated rings. The highest BCUT2D eigenvalue weighted by atomic mass is 35.5. The first-order valence-electron chi connectivity index (χ1n) is 5.87. The van der Waals surface area contributed by atoms with Crippen molar-refractivity contribution in [1.29, 1.82) is 0 Å². The summed E-state index contributed by atoms with van der Waals surface area (Å²) in [6.07, 6.45) is 2.37. The molecule has 3 heteroatoms. The number of phenols is 1. The quantitative estimate of drug-likeness (QED) is 0.831. The number of halogens is 1. The van der Waals surface area contributed by atoms with Crippen molar-refractivity contribution in [3.8, 4) is 5.75 Å². The maximum absolute atomic E-state index is 9.89. The lowest BCUT2D eigenvalue weighted by molar-refractivity contribution is 0.324. The lowest BCUT2D eigenvalue weighted by atomic mass is 9.81. The van der Waals surface area contributed by atoms with Crippen LogP contribution in [0.4, 0.5) is 0 Å². The van der Waals surface area contributed by atoms with Crippen LogP contribution in [0, 0.1) is 5.92 Å². The molecule has 2 rings (SSSR count). The Morgan fingerprint density at radius 2 is 2.06 bits per heavy atom. The molecular weight excluding hydrogens is 222 g/mol. The fourth-order valence-corrected chi connectivity index (χ4v) is 2.67. The molecule has 2 nitrogen and oxygen atoms in total. The molecule has 0 saturated carbocycles. The molecule has 1 aliphatic heterocycles. The molecule has 1 aromatic rings. The molecule has 16 heavy (non-hydrogen) atoms. The standard InChI is InChI=1S/C13H18ClNO/c1-9(10-4-6-15-7-5-10)12-3-2-11(14)8-13(12)16/h2-3,8-10,15-16H,4-7H2,1H3. The van der Waals surface area contributed by atoms with E-state index in [9.17, 15) is 5.11 Å². The van der Waals surface area contributed by atoms with Gasteiger partial charge in [-0.15, -0.1) is 0 Å². The van der Waals surface area contributed by atoms with Gasteiger partial charge in [0.25, 0.3) is 0 Å². The number of phenolic OH excluding ortho intramolecular Hbond substituents is 1. The third-order valence-electron chi connectivity index (χ3n) is 3.57. The number of piperidine rings is 1. The van der Waals surface area contributed by atoms with E-state index in [1.807, 2.05) is 12.1 Å². The van der Waals surface area contributed by atoms with Crippen molar-refractivity contribution in [2.75, 3.05) is 13.1 Å². The third kappa shape index (κ3) is 2.50. The highest BCUT2D eigenvalue weighted by molar-refractivity contribution is 6.30. The average Bonchev–Trinajstić information content (AvgIpc) is 2.29. The summed E-state index contributed by atoms with van der Waals surface area (Å²) in [6.45, 7) is 4.37. The number of aromatic hydroxyl groups is 1. The summed E-state index contributed by atoms with van der Waals surface area (Å²) in [6, 6.07) is 5.44. The zero-order valence-electron chi connectivity index (χ0n) is 9.54. The fraction of sp³-hybridized carbons (Fsp3) is 0.538. The van der Waals surface area contributed by atoms with Crippen LogP contribution in [-0.2, 0) is 0 Å². The second-order valence-corrected chi connectivity index (χ2v) is 5.02. The highest BCUT2D eigenvalue weighted by Gasteiger charge is 2.23. The summed E-state index contributed by atoms with van der Waals surface area (Å²) < 4.78 is 0. The number of hydrogen-bond acceptors (Lipinski definition) is 2. The predicted molar refractivity (Wildman–Crippen MR) is 67.1 cm³/mol. The van der Waals surface area contributed by atoms with Crippen LogP contribution < -0.4 is 5.32 Å². The number of nitrogens with one attached hydrogen (secondary N) is 1. The Kier molecular flexibility index (Phi) is 3.72. The summed E-state index contributed by atoms with van der Waals surface area (Å²) in [5, 5.41) is 13.8. The van der Waals surface area contributed by atoms with Crippen LogP contribution in [0.25, 0.3) is 0 Å². The van der Waals surface area contributed by atoms with E-state index in [4.69, 9.17) is 11.6 Å². The van der Waals surface area contributed by atoms with E-state index in [1.54, 1.807) is 6.07 Å². The topological polar surface area (TPSA) is 32.3 Å². The summed E-state index contributed by atoms with van der Waals surface area (Å²) >= 11 is 5.84. The van der Waals surface area contributed by atoms with Gasteiger partial charge in [-0.3, -0.25) is 0 Å². The Balaban J connectivity index is 2.15. The molecule has 1 saturated heterocycles. The van der Waals surface area contributed by atoms with Crippen LogP contribution in [0.3, 0.4) is 0 Å². The molecular formula is C13H18ClNO. The van der Waals surface area contributed by atoms with Crippen molar-refractivity contribution < 1.29 is 5.11 Å². The van der Waals surface area contributed by atoms with Crippen LogP contribution in [0.2, 0.25) is 5.02 Å². The van der Waals surface area contributed by atoms with Gasteiger partial charge in [0, 0.05) is 5.02 Å². The van der Waals surface area contributed by atoms with Crippen LogP contribution in [0.5, 0.6) is 5.75 Å². The van der Waals surface area contributed by atoms with Gasteiger partial charge in [0.1, 0.15) is 5.75 Å². The first-order chi connectivity index (χ1) is 7.68. The van der Waals surface area contributed by atoms with Gasteiger partial charge in [0.2, 0.25) is 0 Å². The Morgan fingerprint density at radius 1 is 1.38 bits per heavy atom. The van der Waals surface area contributed by atoms with Gasteiger partial charge < -0.3 is 10.4 Å². The zero-order valence-corrected chi connectivity index (χ0v) is 10.3. The summed E-state index contributed by atoms with van der Waals surface area (Å²) in [4.78, 5) is 0. The highest BCUT2D eigenvalue weighted by Crippen LogP contribution is 2.36. The molecule has 1 aromatic carbocycles. The van der Waals surface area contributed by atoms with Gasteiger partial charge in [0.15, 0.2) is 0 Å². The Bertz CT molecular complexity index is 361. The van der Waals surface area contributed by atoms with Crippen LogP contribution in [0.1, 0.15) is 31.2 Å². The van der Waals surface area contributed by atoms with E-state index >= 15 is 0 Å². The smallest absolute Gasteiger partial charge is 0.120 e. The SMILES string of the molecule is CC(c1ccc(Cl)cc1O)C1CCNCC1. The molecule has 0 aliphatic carbocycles. The van der Waals surface area contributed by atoms with Crippen LogP contribution in [0.15, 0.2) is 18.2 Å². The molecule has 1 heterocycles. The Hall–Kier alpha value is -0.730. The normalized spacial score (nSPS) is 19.6. The number of rotatable bonds is 2. The van der Waals surface area contributed by atoms with E-state index < -0.39 is 0 Å². The second-order valence-electron chi connectivity index (χ2n) is 4.58. The maximum Gasteiger partial charge on any atom is 0.120 e. The Morgan fingerprint density at radius 3 is 2.69 bits per heavy atom. The predicted octanol–water partition coefficient (Wildman–Crippen LogP) is 3.15. The van der Waals surface area contributed by atoms with Crippen molar-refractivity contribution in [2.24, 2.45) is 5.92 Å². The van der Waals surface area contributed by atoms with E-state index in [0.717, 1.165) is 18.7 Å². The zero-order chi connectivity index (χ0) is 11.5. The van der Waals surface area contributed by atoms with E-state index in [1.165, 1.54) is 12.8 Å². The van der Waals surface area contributed by atoms with E-state index in [0.29, 0.717) is 22.6 Å². The van der Waals surface area contributed by atoms with Gasteiger partial charge in [-0.05, 0) is 55.5 Å². The molecule has 0 aromatic heterocycles. The number of hydrogen-bond donors (Lipinski definition) is 2. The molecule has 0 amide bonds. The minimum Gasteiger partial charge on any atom is -0.508 e. The molecule has 2 N–H and O–H groups in total. The molecule has 0 spiro atoms. The summed E-state index contributed by atoms with van der Waals surface area (Å²) in [5.74, 6) is 1.39. The lowest BCUT2D eigenvalue weighted by Crippen LogP contribution is -2.30. The van der Waals surface area contributed by atoms with Gasteiger partial charge in [-0.25, -0.2) is 0 Å². The van der Waals surface area contributed by atoms with Gasteiger partial charge in [-0.2, -0.15) is 0 Å². The molecule has 1 unspecified atom stereocenters. The Labute approximate surface area is 102 Å². The largest absolute Gasteiger partial charge is 0.508 e. The fourth-order valence-electron chi connectivity index (χ4n) is 2.50. The van der Waals surface area contributed by atoms with Crippen molar-refractivity contribution in [3.63, 3.8) is 0 Å². The number of benzene rings is 1. The van der Waals surface area contributed by atoms with Crippen molar-refractivity contribution in [1.82, 2.24) is 5.32 Å². The van der Waals surface area contributed by atoms with E-state index in [2.05, 4.69) is 12.2 Å². The average molecular weight is 240 g/mol. The first-order valence-corrected chi connectivity index (χ1v) is 6.25. The molecule has 1 atom stereocenters. The van der Waals surface area contributed by atoms with Gasteiger partial charge in [-0.1, -0.05) is 24.6 Å². The summed E-state index contributed by atoms with van der Waals surface area (Å²) in [5.41, 5.74) is 1.02. The van der Waals surface area contributed by atoms with Crippen molar-refractivity contribution in [2.45, 2.75) is 25.7 Å². The van der Waals surface area contributed by atoms with Crippen molar-refractivity contribution in [3.05, 3.63) is 28.8 Å². The first kappa shape index (κ1) is 11.7. The minimum atomic E-state index is 0.332. The second kappa shape index (κ2) is 5.07. The third-order valence-corrected chi connectivity index (χ3v) is 3.81. The van der Waals surface area contributed by atoms with E-state index in [-0.39, 0.29) is 0 Å². The minimum absolute atomic E-state index is 0.332. The monoisotopic (exact) mass is 239 g/mol. The molecule has 0 bridgehead atoms. The maximum atomic E-state index is 9.89.